The molecule has 0 aromatic heterocycles. The highest BCUT2D eigenvalue weighted by atomic mass is 35.5. The van der Waals surface area contributed by atoms with E-state index in [1.54, 1.807) is 31.2 Å². The molecule has 2 amide bonds. The molecule has 0 unspecified atom stereocenters. The number of hydrogen-bond acceptors (Lipinski definition) is 4. The van der Waals surface area contributed by atoms with E-state index in [0.29, 0.717) is 0 Å². The Morgan fingerprint density at radius 1 is 0.895 bits per heavy atom. The van der Waals surface area contributed by atoms with Crippen LogP contribution >= 0.6 is 23.2 Å². The molecule has 0 bridgehead atoms. The summed E-state index contributed by atoms with van der Waals surface area (Å²) >= 11 is 12.6. The maximum Gasteiger partial charge on any atom is 0.264 e. The standard InChI is InChI=1S/C28H31Cl2N3O4S/c1-19(2)31-28(35)21(4)32(17-22-15-13-20(3)14-16-22)26(34)18-33(25-12-8-11-24(29)27(25)30)38(36,37)23-9-6-5-7-10-23/h5-16,19,21H,17-18H2,1-4H3,(H,31,35)/t21-/m1/s1. The van der Waals surface area contributed by atoms with Gasteiger partial charge < -0.3 is 10.2 Å². The molecule has 0 saturated heterocycles. The minimum absolute atomic E-state index is 0.00263. The number of aryl methyl sites for hydroxylation is 1. The second kappa shape index (κ2) is 12.7. The van der Waals surface area contributed by atoms with Crippen LogP contribution in [-0.4, -0.2) is 43.8 Å². The normalized spacial score (nSPS) is 12.2. The fourth-order valence-corrected chi connectivity index (χ4v) is 5.69. The summed E-state index contributed by atoms with van der Waals surface area (Å²) in [5.41, 5.74) is 1.91. The Kier molecular flexibility index (Phi) is 9.82. The topological polar surface area (TPSA) is 86.8 Å². The van der Waals surface area contributed by atoms with Gasteiger partial charge in [-0.15, -0.1) is 0 Å². The van der Waals surface area contributed by atoms with Gasteiger partial charge in [0, 0.05) is 12.6 Å². The van der Waals surface area contributed by atoms with Crippen molar-refractivity contribution in [2.24, 2.45) is 0 Å². The van der Waals surface area contributed by atoms with Crippen molar-refractivity contribution >= 4 is 50.7 Å². The van der Waals surface area contributed by atoms with Gasteiger partial charge in [-0.1, -0.05) is 77.3 Å². The molecule has 0 saturated carbocycles. The van der Waals surface area contributed by atoms with Gasteiger partial charge in [-0.3, -0.25) is 13.9 Å². The molecular formula is C28H31Cl2N3O4S. The quantitative estimate of drug-likeness (QED) is 0.348. The summed E-state index contributed by atoms with van der Waals surface area (Å²) in [6.07, 6.45) is 0. The van der Waals surface area contributed by atoms with Crippen molar-refractivity contribution in [3.63, 3.8) is 0 Å². The molecule has 0 aliphatic heterocycles. The third kappa shape index (κ3) is 7.07. The lowest BCUT2D eigenvalue weighted by atomic mass is 10.1. The highest BCUT2D eigenvalue weighted by Gasteiger charge is 2.33. The van der Waals surface area contributed by atoms with E-state index in [1.165, 1.54) is 29.2 Å². The summed E-state index contributed by atoms with van der Waals surface area (Å²) in [4.78, 5) is 28.2. The molecule has 3 aromatic carbocycles. The van der Waals surface area contributed by atoms with Crippen LogP contribution in [0.25, 0.3) is 0 Å². The fourth-order valence-electron chi connectivity index (χ4n) is 3.80. The van der Waals surface area contributed by atoms with E-state index >= 15 is 0 Å². The lowest BCUT2D eigenvalue weighted by Gasteiger charge is -2.32. The van der Waals surface area contributed by atoms with Crippen molar-refractivity contribution in [1.82, 2.24) is 10.2 Å². The molecule has 0 spiro atoms. The Labute approximate surface area is 234 Å². The number of carbonyl (C=O) groups is 2. The molecule has 0 heterocycles. The first kappa shape index (κ1) is 29.5. The number of rotatable bonds is 10. The first-order chi connectivity index (χ1) is 17.9. The lowest BCUT2D eigenvalue weighted by Crippen LogP contribution is -2.52. The van der Waals surface area contributed by atoms with E-state index in [0.717, 1.165) is 15.4 Å². The van der Waals surface area contributed by atoms with Gasteiger partial charge in [0.05, 0.1) is 20.6 Å². The molecule has 1 N–H and O–H groups in total. The third-order valence-electron chi connectivity index (χ3n) is 5.88. The van der Waals surface area contributed by atoms with Crippen molar-refractivity contribution in [2.45, 2.75) is 51.2 Å². The van der Waals surface area contributed by atoms with Gasteiger partial charge in [0.15, 0.2) is 0 Å². The maximum absolute atomic E-state index is 13.9. The number of nitrogens with zero attached hydrogens (tertiary/aromatic N) is 2. The Bertz CT molecular complexity index is 1380. The van der Waals surface area contributed by atoms with E-state index in [1.807, 2.05) is 45.0 Å². The SMILES string of the molecule is Cc1ccc(CN(C(=O)CN(c2cccc(Cl)c2Cl)S(=O)(=O)c2ccccc2)[C@H](C)C(=O)NC(C)C)cc1. The van der Waals surface area contributed by atoms with Gasteiger partial charge in [0.2, 0.25) is 11.8 Å². The van der Waals surface area contributed by atoms with Gasteiger partial charge in [0.25, 0.3) is 10.0 Å². The van der Waals surface area contributed by atoms with Crippen LogP contribution < -0.4 is 9.62 Å². The number of nitrogens with one attached hydrogen (secondary N) is 1. The summed E-state index contributed by atoms with van der Waals surface area (Å²) in [6, 6.07) is 18.9. The predicted molar refractivity (Wildman–Crippen MR) is 152 cm³/mol. The van der Waals surface area contributed by atoms with Gasteiger partial charge >= 0.3 is 0 Å². The smallest absolute Gasteiger partial charge is 0.264 e. The van der Waals surface area contributed by atoms with Crippen molar-refractivity contribution in [3.8, 4) is 0 Å². The monoisotopic (exact) mass is 575 g/mol. The van der Waals surface area contributed by atoms with E-state index in [9.17, 15) is 18.0 Å². The molecular weight excluding hydrogens is 545 g/mol. The number of carbonyl (C=O) groups excluding carboxylic acids is 2. The van der Waals surface area contributed by atoms with Crippen LogP contribution in [0.15, 0.2) is 77.7 Å². The van der Waals surface area contributed by atoms with Crippen molar-refractivity contribution < 1.29 is 18.0 Å². The number of sulfonamides is 1. The summed E-state index contributed by atoms with van der Waals surface area (Å²) in [7, 11) is -4.22. The van der Waals surface area contributed by atoms with E-state index in [4.69, 9.17) is 23.2 Å². The minimum atomic E-state index is -4.22. The van der Waals surface area contributed by atoms with Crippen molar-refractivity contribution in [3.05, 3.63) is 94.0 Å². The van der Waals surface area contributed by atoms with Crippen LogP contribution in [0.2, 0.25) is 10.0 Å². The predicted octanol–water partition coefficient (Wildman–Crippen LogP) is 5.44. The zero-order valence-electron chi connectivity index (χ0n) is 21.7. The molecule has 0 aliphatic carbocycles. The molecule has 7 nitrogen and oxygen atoms in total. The van der Waals surface area contributed by atoms with Crippen molar-refractivity contribution in [2.75, 3.05) is 10.8 Å². The van der Waals surface area contributed by atoms with Crippen LogP contribution in [0, 0.1) is 6.92 Å². The number of halogens is 2. The van der Waals surface area contributed by atoms with E-state index in [-0.39, 0.29) is 39.1 Å². The molecule has 202 valence electrons. The van der Waals surface area contributed by atoms with E-state index < -0.39 is 28.5 Å². The Morgan fingerprint density at radius 2 is 1.53 bits per heavy atom. The van der Waals surface area contributed by atoms with Gasteiger partial charge in [-0.2, -0.15) is 0 Å². The molecule has 0 aliphatic rings. The molecule has 0 fully saturated rings. The molecule has 10 heteroatoms. The summed E-state index contributed by atoms with van der Waals surface area (Å²) in [5.74, 6) is -0.925. The second-order valence-corrected chi connectivity index (χ2v) is 11.9. The van der Waals surface area contributed by atoms with Gasteiger partial charge in [-0.05, 0) is 57.5 Å². The highest BCUT2D eigenvalue weighted by molar-refractivity contribution is 7.92. The van der Waals surface area contributed by atoms with Crippen LogP contribution in [-0.2, 0) is 26.2 Å². The number of hydrogen-bond donors (Lipinski definition) is 1. The van der Waals surface area contributed by atoms with Crippen molar-refractivity contribution in [1.29, 1.82) is 0 Å². The first-order valence-electron chi connectivity index (χ1n) is 12.1. The second-order valence-electron chi connectivity index (χ2n) is 9.24. The minimum Gasteiger partial charge on any atom is -0.352 e. The van der Waals surface area contributed by atoms with Crippen LogP contribution in [0.3, 0.4) is 0 Å². The molecule has 1 atom stereocenters. The van der Waals surface area contributed by atoms with E-state index in [2.05, 4.69) is 5.32 Å². The number of anilines is 1. The average molecular weight is 577 g/mol. The first-order valence-corrected chi connectivity index (χ1v) is 14.3. The maximum atomic E-state index is 13.9. The summed E-state index contributed by atoms with van der Waals surface area (Å²) in [5, 5.41) is 2.97. The highest BCUT2D eigenvalue weighted by Crippen LogP contribution is 2.35. The Balaban J connectivity index is 2.06. The number of amides is 2. The van der Waals surface area contributed by atoms with Crippen LogP contribution in [0.4, 0.5) is 5.69 Å². The summed E-state index contributed by atoms with van der Waals surface area (Å²) < 4.78 is 28.5. The van der Waals surface area contributed by atoms with Crippen LogP contribution in [0.1, 0.15) is 31.9 Å². The Hall–Kier alpha value is -3.07. The zero-order valence-corrected chi connectivity index (χ0v) is 24.0. The molecule has 0 radical (unpaired) electrons. The van der Waals surface area contributed by atoms with Crippen LogP contribution in [0.5, 0.6) is 0 Å². The molecule has 3 rings (SSSR count). The zero-order chi connectivity index (χ0) is 28.0. The average Bonchev–Trinajstić information content (AvgIpc) is 2.88. The third-order valence-corrected chi connectivity index (χ3v) is 8.46. The number of benzene rings is 3. The van der Waals surface area contributed by atoms with Gasteiger partial charge in [0.1, 0.15) is 12.6 Å². The largest absolute Gasteiger partial charge is 0.352 e. The Morgan fingerprint density at radius 3 is 2.13 bits per heavy atom. The summed E-state index contributed by atoms with van der Waals surface area (Å²) in [6.45, 7) is 6.73. The lowest BCUT2D eigenvalue weighted by molar-refractivity contribution is -0.139. The van der Waals surface area contributed by atoms with Gasteiger partial charge in [-0.25, -0.2) is 8.42 Å². The molecule has 38 heavy (non-hydrogen) atoms. The fraction of sp³-hybridized carbons (Fsp3) is 0.286. The molecule has 3 aromatic rings.